The van der Waals surface area contributed by atoms with Gasteiger partial charge in [-0.15, -0.1) is 13.2 Å². The summed E-state index contributed by atoms with van der Waals surface area (Å²) in [5, 5.41) is 11.7. The number of hydrogen-bond donors (Lipinski definition) is 2. The number of rotatable bonds is 10. The summed E-state index contributed by atoms with van der Waals surface area (Å²) in [6.07, 6.45) is -5.66. The van der Waals surface area contributed by atoms with E-state index in [1.54, 1.807) is 12.1 Å². The Bertz CT molecular complexity index is 901. The lowest BCUT2D eigenvalue weighted by Crippen LogP contribution is -2.23. The highest BCUT2D eigenvalue weighted by Gasteiger charge is 2.31. The lowest BCUT2D eigenvalue weighted by Gasteiger charge is -2.11. The van der Waals surface area contributed by atoms with Crippen LogP contribution in [0.5, 0.6) is 5.75 Å². The maximum Gasteiger partial charge on any atom is 0.573 e. The van der Waals surface area contributed by atoms with Gasteiger partial charge in [0.25, 0.3) is 0 Å². The van der Waals surface area contributed by atoms with E-state index in [4.69, 9.17) is 14.6 Å². The van der Waals surface area contributed by atoms with Crippen molar-refractivity contribution in [3.05, 3.63) is 65.2 Å². The summed E-state index contributed by atoms with van der Waals surface area (Å²) >= 11 is 0. The van der Waals surface area contributed by atoms with Crippen LogP contribution in [0.25, 0.3) is 0 Å². The van der Waals surface area contributed by atoms with Gasteiger partial charge in [-0.3, -0.25) is 4.79 Å². The summed E-state index contributed by atoms with van der Waals surface area (Å²) in [5.41, 5.74) is 1.98. The monoisotopic (exact) mass is 455 g/mol. The van der Waals surface area contributed by atoms with Crippen LogP contribution < -0.4 is 10.1 Å². The minimum atomic E-state index is -4.80. The fourth-order valence-electron chi connectivity index (χ4n) is 2.63. The van der Waals surface area contributed by atoms with Crippen molar-refractivity contribution in [3.63, 3.8) is 0 Å². The van der Waals surface area contributed by atoms with Gasteiger partial charge in [-0.1, -0.05) is 36.4 Å². The highest BCUT2D eigenvalue weighted by Crippen LogP contribution is 2.23. The number of aliphatic hydroxyl groups is 1. The van der Waals surface area contributed by atoms with Gasteiger partial charge in [-0.25, -0.2) is 4.79 Å². The predicted octanol–water partition coefficient (Wildman–Crippen LogP) is 3.87. The SMILES string of the molecule is CC(O)COC(=O)CCc1cccc(CNC(=O)OCc2cccc(OC(F)(F)F)c2)c1. The van der Waals surface area contributed by atoms with Crippen molar-refractivity contribution in [1.82, 2.24) is 5.32 Å². The molecular formula is C22H24F3NO6. The van der Waals surface area contributed by atoms with Gasteiger partial charge in [0.2, 0.25) is 0 Å². The standard InChI is InChI=1S/C22H24F3NO6/c1-15(27)13-30-20(28)9-8-16-4-2-5-17(10-16)12-26-21(29)31-14-18-6-3-7-19(11-18)32-22(23,24)25/h2-7,10-11,15,27H,8-9,12-14H2,1H3,(H,26,29). The zero-order valence-electron chi connectivity index (χ0n) is 17.4. The zero-order chi connectivity index (χ0) is 23.6. The number of esters is 1. The first-order valence-corrected chi connectivity index (χ1v) is 9.77. The van der Waals surface area contributed by atoms with Crippen molar-refractivity contribution in [2.45, 2.75) is 45.4 Å². The molecule has 174 valence electrons. The molecule has 0 spiro atoms. The number of ether oxygens (including phenoxy) is 3. The molecule has 0 aliphatic rings. The molecule has 32 heavy (non-hydrogen) atoms. The lowest BCUT2D eigenvalue weighted by molar-refractivity contribution is -0.274. The molecule has 0 saturated heterocycles. The second-order valence-corrected chi connectivity index (χ2v) is 6.98. The van der Waals surface area contributed by atoms with Gasteiger partial charge < -0.3 is 24.6 Å². The molecule has 7 nitrogen and oxygen atoms in total. The number of carbonyl (C=O) groups excluding carboxylic acids is 2. The van der Waals surface area contributed by atoms with Gasteiger partial charge in [0.1, 0.15) is 19.0 Å². The molecule has 2 aromatic carbocycles. The lowest BCUT2D eigenvalue weighted by atomic mass is 10.1. The number of alkyl carbamates (subject to hydrolysis) is 1. The fraction of sp³-hybridized carbons (Fsp3) is 0.364. The molecule has 10 heteroatoms. The van der Waals surface area contributed by atoms with Crippen LogP contribution in [0.15, 0.2) is 48.5 Å². The summed E-state index contributed by atoms with van der Waals surface area (Å²) in [6, 6.07) is 12.4. The van der Waals surface area contributed by atoms with E-state index < -0.39 is 30.3 Å². The first-order valence-electron chi connectivity index (χ1n) is 9.77. The predicted molar refractivity (Wildman–Crippen MR) is 108 cm³/mol. The van der Waals surface area contributed by atoms with Crippen LogP contribution in [0.3, 0.4) is 0 Å². The Morgan fingerprint density at radius 3 is 2.44 bits per heavy atom. The molecule has 0 bridgehead atoms. The smallest absolute Gasteiger partial charge is 0.463 e. The highest BCUT2D eigenvalue weighted by atomic mass is 19.4. The number of alkyl halides is 3. The third kappa shape index (κ3) is 10.2. The molecule has 0 aromatic heterocycles. The maximum absolute atomic E-state index is 12.3. The normalized spacial score (nSPS) is 12.0. The number of benzene rings is 2. The zero-order valence-corrected chi connectivity index (χ0v) is 17.4. The third-order valence-corrected chi connectivity index (χ3v) is 4.03. The number of carbonyl (C=O) groups is 2. The van der Waals surface area contributed by atoms with Crippen LogP contribution >= 0.6 is 0 Å². The van der Waals surface area contributed by atoms with Crippen molar-refractivity contribution in [3.8, 4) is 5.75 Å². The molecule has 0 saturated carbocycles. The average Bonchev–Trinajstić information content (AvgIpc) is 2.72. The number of nitrogens with one attached hydrogen (secondary N) is 1. The van der Waals surface area contributed by atoms with Crippen LogP contribution in [-0.4, -0.2) is 36.2 Å². The van der Waals surface area contributed by atoms with Crippen molar-refractivity contribution >= 4 is 12.1 Å². The summed E-state index contributed by atoms with van der Waals surface area (Å²) < 4.78 is 50.6. The topological polar surface area (TPSA) is 94.1 Å². The minimum Gasteiger partial charge on any atom is -0.463 e. The van der Waals surface area contributed by atoms with Gasteiger partial charge in [0.05, 0.1) is 6.10 Å². The van der Waals surface area contributed by atoms with Crippen molar-refractivity contribution in [1.29, 1.82) is 0 Å². The molecule has 0 aliphatic carbocycles. The van der Waals surface area contributed by atoms with E-state index in [1.165, 1.54) is 19.1 Å². The van der Waals surface area contributed by atoms with Gasteiger partial charge in [0, 0.05) is 13.0 Å². The fourth-order valence-corrected chi connectivity index (χ4v) is 2.63. The first-order chi connectivity index (χ1) is 15.1. The highest BCUT2D eigenvalue weighted by molar-refractivity contribution is 5.69. The second kappa shape index (κ2) is 11.9. The summed E-state index contributed by atoms with van der Waals surface area (Å²) in [6.45, 7) is 1.41. The van der Waals surface area contributed by atoms with E-state index in [2.05, 4.69) is 10.1 Å². The Hall–Kier alpha value is -3.27. The molecule has 2 aromatic rings. The Morgan fingerprint density at radius 1 is 1.03 bits per heavy atom. The van der Waals surface area contributed by atoms with Gasteiger partial charge >= 0.3 is 18.4 Å². The van der Waals surface area contributed by atoms with Crippen LogP contribution in [0.4, 0.5) is 18.0 Å². The molecule has 0 aliphatic heterocycles. The number of amides is 1. The van der Waals surface area contributed by atoms with Gasteiger partial charge in [0.15, 0.2) is 0 Å². The Balaban J connectivity index is 1.77. The average molecular weight is 455 g/mol. The number of halogens is 3. The van der Waals surface area contributed by atoms with E-state index in [-0.39, 0.29) is 26.2 Å². The minimum absolute atomic E-state index is 0.0510. The van der Waals surface area contributed by atoms with Gasteiger partial charge in [-0.2, -0.15) is 0 Å². The van der Waals surface area contributed by atoms with Crippen LogP contribution in [0.1, 0.15) is 30.0 Å². The van der Waals surface area contributed by atoms with E-state index in [0.717, 1.165) is 23.3 Å². The molecule has 2 N–H and O–H groups in total. The van der Waals surface area contributed by atoms with Crippen molar-refractivity contribution < 1.29 is 42.1 Å². The number of hydrogen-bond acceptors (Lipinski definition) is 6. The molecular weight excluding hydrogens is 431 g/mol. The van der Waals surface area contributed by atoms with E-state index in [1.807, 2.05) is 12.1 Å². The van der Waals surface area contributed by atoms with Gasteiger partial charge in [-0.05, 0) is 42.2 Å². The molecule has 1 unspecified atom stereocenters. The number of aryl methyl sites for hydroxylation is 1. The second-order valence-electron chi connectivity index (χ2n) is 6.98. The quantitative estimate of drug-likeness (QED) is 0.529. The Kier molecular flexibility index (Phi) is 9.33. The largest absolute Gasteiger partial charge is 0.573 e. The van der Waals surface area contributed by atoms with E-state index in [9.17, 15) is 22.8 Å². The molecule has 1 atom stereocenters. The summed E-state index contributed by atoms with van der Waals surface area (Å²) in [7, 11) is 0. The number of aliphatic hydroxyl groups excluding tert-OH is 1. The first kappa shape index (κ1) is 25.0. The summed E-state index contributed by atoms with van der Waals surface area (Å²) in [5.74, 6) is -0.812. The molecule has 2 rings (SSSR count). The van der Waals surface area contributed by atoms with E-state index >= 15 is 0 Å². The van der Waals surface area contributed by atoms with Crippen molar-refractivity contribution in [2.75, 3.05) is 6.61 Å². The van der Waals surface area contributed by atoms with Crippen LogP contribution in [-0.2, 0) is 33.8 Å². The molecule has 0 fully saturated rings. The van der Waals surface area contributed by atoms with E-state index in [0.29, 0.717) is 12.0 Å². The Morgan fingerprint density at radius 2 is 1.72 bits per heavy atom. The third-order valence-electron chi connectivity index (χ3n) is 4.03. The molecule has 1 amide bonds. The van der Waals surface area contributed by atoms with Crippen molar-refractivity contribution in [2.24, 2.45) is 0 Å². The molecule has 0 heterocycles. The summed E-state index contributed by atoms with van der Waals surface area (Å²) in [4.78, 5) is 23.5. The molecule has 0 radical (unpaired) electrons. The Labute approximate surface area is 183 Å². The van der Waals surface area contributed by atoms with Crippen LogP contribution in [0, 0.1) is 0 Å². The van der Waals surface area contributed by atoms with Crippen LogP contribution in [0.2, 0.25) is 0 Å². The maximum atomic E-state index is 12.3.